The molecular formula is C5H2Cl2OS. The fourth-order valence-corrected chi connectivity index (χ4v) is 1.51. The molecule has 1 aromatic rings. The zero-order valence-electron chi connectivity index (χ0n) is 4.23. The van der Waals surface area contributed by atoms with Crippen LogP contribution in [0.5, 0.6) is 0 Å². The van der Waals surface area contributed by atoms with Crippen molar-refractivity contribution in [3.05, 3.63) is 21.3 Å². The summed E-state index contributed by atoms with van der Waals surface area (Å²) in [6, 6.07) is 1.54. The van der Waals surface area contributed by atoms with E-state index in [0.29, 0.717) is 9.90 Å². The summed E-state index contributed by atoms with van der Waals surface area (Å²) in [7, 11) is 0. The number of hydrogen-bond acceptors (Lipinski definition) is 2. The lowest BCUT2D eigenvalue weighted by molar-refractivity contribution is 0.108. The topological polar surface area (TPSA) is 17.1 Å². The van der Waals surface area contributed by atoms with Crippen LogP contribution in [0.1, 0.15) is 9.67 Å². The van der Waals surface area contributed by atoms with Crippen LogP contribution in [-0.2, 0) is 0 Å². The fourth-order valence-electron chi connectivity index (χ4n) is 0.416. The van der Waals surface area contributed by atoms with Crippen molar-refractivity contribution in [1.82, 2.24) is 0 Å². The lowest BCUT2D eigenvalue weighted by Crippen LogP contribution is -1.78. The van der Waals surface area contributed by atoms with Crippen molar-refractivity contribution >= 4 is 39.8 Å². The molecular weight excluding hydrogens is 179 g/mol. The molecule has 0 bridgehead atoms. The molecule has 1 heterocycles. The van der Waals surface area contributed by atoms with Crippen LogP contribution < -0.4 is 0 Å². The second kappa shape index (κ2) is 2.69. The van der Waals surface area contributed by atoms with Gasteiger partial charge in [-0.2, -0.15) is 0 Å². The van der Waals surface area contributed by atoms with Gasteiger partial charge in [-0.05, 0) is 17.7 Å². The van der Waals surface area contributed by atoms with Crippen LogP contribution in [0.2, 0.25) is 5.02 Å². The largest absolute Gasteiger partial charge is 0.275 e. The van der Waals surface area contributed by atoms with E-state index in [1.54, 1.807) is 11.4 Å². The Bertz CT molecular complexity index is 231. The van der Waals surface area contributed by atoms with E-state index in [1.807, 2.05) is 0 Å². The summed E-state index contributed by atoms with van der Waals surface area (Å²) in [6.45, 7) is 0. The van der Waals surface area contributed by atoms with Gasteiger partial charge in [0.15, 0.2) is 0 Å². The number of rotatable bonds is 1. The van der Waals surface area contributed by atoms with Gasteiger partial charge >= 0.3 is 0 Å². The molecule has 0 unspecified atom stereocenters. The number of carbonyl (C=O) groups is 1. The van der Waals surface area contributed by atoms with Crippen molar-refractivity contribution in [2.75, 3.05) is 0 Å². The van der Waals surface area contributed by atoms with Gasteiger partial charge in [0.25, 0.3) is 5.24 Å². The normalized spacial score (nSPS) is 9.56. The Balaban J connectivity index is 2.98. The van der Waals surface area contributed by atoms with Gasteiger partial charge in [-0.25, -0.2) is 0 Å². The Labute approximate surface area is 66.2 Å². The molecule has 48 valence electrons. The SMILES string of the molecule is O=C(Cl)c1cc(Cl)cs1. The minimum atomic E-state index is -0.452. The number of hydrogen-bond donors (Lipinski definition) is 0. The van der Waals surface area contributed by atoms with Crippen molar-refractivity contribution in [1.29, 1.82) is 0 Å². The maximum Gasteiger partial charge on any atom is 0.262 e. The molecule has 0 aromatic carbocycles. The maximum atomic E-state index is 10.4. The van der Waals surface area contributed by atoms with Gasteiger partial charge in [0, 0.05) is 5.38 Å². The summed E-state index contributed by atoms with van der Waals surface area (Å²) in [4.78, 5) is 10.9. The molecule has 1 nitrogen and oxygen atoms in total. The van der Waals surface area contributed by atoms with Crippen molar-refractivity contribution in [3.8, 4) is 0 Å². The summed E-state index contributed by atoms with van der Waals surface area (Å²) in [6.07, 6.45) is 0. The first-order chi connectivity index (χ1) is 4.20. The van der Waals surface area contributed by atoms with E-state index < -0.39 is 5.24 Å². The molecule has 0 amide bonds. The van der Waals surface area contributed by atoms with Crippen molar-refractivity contribution in [2.24, 2.45) is 0 Å². The average molecular weight is 181 g/mol. The van der Waals surface area contributed by atoms with E-state index >= 15 is 0 Å². The lowest BCUT2D eigenvalue weighted by Gasteiger charge is -1.77. The number of carbonyl (C=O) groups excluding carboxylic acids is 1. The summed E-state index contributed by atoms with van der Waals surface area (Å²) >= 11 is 11.9. The molecule has 0 spiro atoms. The van der Waals surface area contributed by atoms with E-state index in [9.17, 15) is 4.79 Å². The van der Waals surface area contributed by atoms with Crippen molar-refractivity contribution in [2.45, 2.75) is 0 Å². The molecule has 0 N–H and O–H groups in total. The second-order valence-electron chi connectivity index (χ2n) is 1.40. The molecule has 0 aliphatic carbocycles. The quantitative estimate of drug-likeness (QED) is 0.608. The summed E-state index contributed by atoms with van der Waals surface area (Å²) in [5, 5.41) is 1.77. The summed E-state index contributed by atoms with van der Waals surface area (Å²) < 4.78 is 0. The highest BCUT2D eigenvalue weighted by molar-refractivity contribution is 7.14. The maximum absolute atomic E-state index is 10.4. The molecule has 1 aromatic heterocycles. The lowest BCUT2D eigenvalue weighted by atomic mass is 10.5. The van der Waals surface area contributed by atoms with E-state index in [2.05, 4.69) is 0 Å². The number of thiophene rings is 1. The van der Waals surface area contributed by atoms with Crippen molar-refractivity contribution < 1.29 is 4.79 Å². The van der Waals surface area contributed by atoms with Crippen LogP contribution in [-0.4, -0.2) is 5.24 Å². The van der Waals surface area contributed by atoms with Gasteiger partial charge in [-0.15, -0.1) is 11.3 Å². The van der Waals surface area contributed by atoms with E-state index in [4.69, 9.17) is 23.2 Å². The van der Waals surface area contributed by atoms with Crippen molar-refractivity contribution in [3.63, 3.8) is 0 Å². The Morgan fingerprint density at radius 1 is 1.67 bits per heavy atom. The zero-order chi connectivity index (χ0) is 6.85. The third kappa shape index (κ3) is 1.68. The molecule has 1 rings (SSSR count). The van der Waals surface area contributed by atoms with Crippen LogP contribution >= 0.6 is 34.5 Å². The Morgan fingerprint density at radius 3 is 2.56 bits per heavy atom. The van der Waals surface area contributed by atoms with Gasteiger partial charge in [-0.3, -0.25) is 4.79 Å². The van der Waals surface area contributed by atoms with Crippen LogP contribution in [0, 0.1) is 0 Å². The van der Waals surface area contributed by atoms with Crippen LogP contribution in [0.3, 0.4) is 0 Å². The smallest absolute Gasteiger partial charge is 0.262 e. The summed E-state index contributed by atoms with van der Waals surface area (Å²) in [5.41, 5.74) is 0. The monoisotopic (exact) mass is 180 g/mol. The Hall–Kier alpha value is -0.0500. The van der Waals surface area contributed by atoms with Gasteiger partial charge < -0.3 is 0 Å². The molecule has 0 aliphatic rings. The second-order valence-corrected chi connectivity index (χ2v) is 3.09. The highest BCUT2D eigenvalue weighted by atomic mass is 35.5. The molecule has 0 aliphatic heterocycles. The first-order valence-electron chi connectivity index (χ1n) is 2.14. The number of halogens is 2. The third-order valence-corrected chi connectivity index (χ3v) is 2.35. The first kappa shape index (κ1) is 7.06. The van der Waals surface area contributed by atoms with Gasteiger partial charge in [0.05, 0.1) is 9.90 Å². The average Bonchev–Trinajstić information content (AvgIpc) is 2.14. The predicted octanol–water partition coefficient (Wildman–Crippen LogP) is 2.78. The minimum Gasteiger partial charge on any atom is -0.275 e. The zero-order valence-corrected chi connectivity index (χ0v) is 6.56. The fraction of sp³-hybridized carbons (Fsp3) is 0. The third-order valence-electron chi connectivity index (χ3n) is 0.761. The van der Waals surface area contributed by atoms with Gasteiger partial charge in [0.2, 0.25) is 0 Å². The molecule has 0 radical (unpaired) electrons. The molecule has 0 fully saturated rings. The van der Waals surface area contributed by atoms with Gasteiger partial charge in [-0.1, -0.05) is 11.6 Å². The van der Waals surface area contributed by atoms with Crippen LogP contribution in [0.25, 0.3) is 0 Å². The molecule has 0 saturated carbocycles. The summed E-state index contributed by atoms with van der Waals surface area (Å²) in [5.74, 6) is 0. The predicted molar refractivity (Wildman–Crippen MR) is 39.5 cm³/mol. The van der Waals surface area contributed by atoms with Crippen LogP contribution in [0.4, 0.5) is 0 Å². The molecule has 4 heteroatoms. The molecule has 0 atom stereocenters. The van der Waals surface area contributed by atoms with E-state index in [1.165, 1.54) is 11.3 Å². The highest BCUT2D eigenvalue weighted by Crippen LogP contribution is 2.20. The van der Waals surface area contributed by atoms with E-state index in [-0.39, 0.29) is 0 Å². The standard InChI is InChI=1S/C5H2Cl2OS/c6-3-1-4(5(7)8)9-2-3/h1-2H. The Morgan fingerprint density at radius 2 is 2.33 bits per heavy atom. The van der Waals surface area contributed by atoms with Crippen LogP contribution in [0.15, 0.2) is 11.4 Å². The van der Waals surface area contributed by atoms with Gasteiger partial charge in [0.1, 0.15) is 0 Å². The molecule has 0 saturated heterocycles. The highest BCUT2D eigenvalue weighted by Gasteiger charge is 2.02. The first-order valence-corrected chi connectivity index (χ1v) is 3.77. The minimum absolute atomic E-state index is 0.452. The van der Waals surface area contributed by atoms with E-state index in [0.717, 1.165) is 0 Å². The molecule has 9 heavy (non-hydrogen) atoms. The Kier molecular flexibility index (Phi) is 2.11.